The molecular formula is C15H11FN2O3S2. The van der Waals surface area contributed by atoms with Gasteiger partial charge in [-0.25, -0.2) is 4.39 Å². The molecule has 3 rings (SSSR count). The summed E-state index contributed by atoms with van der Waals surface area (Å²) in [4.78, 5) is 12.1. The van der Waals surface area contributed by atoms with Gasteiger partial charge in [0.25, 0.3) is 10.0 Å². The summed E-state index contributed by atoms with van der Waals surface area (Å²) in [5.41, 5.74) is 0.790. The van der Waals surface area contributed by atoms with Crippen molar-refractivity contribution in [1.82, 2.24) is 0 Å². The Morgan fingerprint density at radius 1 is 1.13 bits per heavy atom. The van der Waals surface area contributed by atoms with E-state index < -0.39 is 15.8 Å². The Kier molecular flexibility index (Phi) is 4.18. The van der Waals surface area contributed by atoms with Gasteiger partial charge >= 0.3 is 0 Å². The van der Waals surface area contributed by atoms with E-state index in [1.54, 1.807) is 18.2 Å². The molecule has 1 aliphatic rings. The lowest BCUT2D eigenvalue weighted by molar-refractivity contribution is 0.102. The SMILES string of the molecule is O=C(CSC1=NS(=O)(=O)c2ccccc2N1)c1ccc(F)cc1. The van der Waals surface area contributed by atoms with Crippen molar-refractivity contribution in [3.63, 3.8) is 0 Å². The highest BCUT2D eigenvalue weighted by Crippen LogP contribution is 2.29. The number of sulfonamides is 1. The first-order valence-corrected chi connectivity index (χ1v) is 9.01. The summed E-state index contributed by atoms with van der Waals surface area (Å²) in [5.74, 6) is -0.666. The van der Waals surface area contributed by atoms with Crippen molar-refractivity contribution in [3.8, 4) is 0 Å². The number of halogens is 1. The molecule has 118 valence electrons. The maximum Gasteiger partial charge on any atom is 0.286 e. The maximum absolute atomic E-state index is 12.8. The van der Waals surface area contributed by atoms with Gasteiger partial charge in [-0.3, -0.25) is 4.79 Å². The molecule has 0 saturated carbocycles. The van der Waals surface area contributed by atoms with E-state index in [0.29, 0.717) is 11.3 Å². The lowest BCUT2D eigenvalue weighted by atomic mass is 10.1. The van der Waals surface area contributed by atoms with Gasteiger partial charge < -0.3 is 5.32 Å². The molecule has 0 fully saturated rings. The molecule has 0 aromatic heterocycles. The average Bonchev–Trinajstić information content (AvgIpc) is 2.53. The molecule has 0 aliphatic carbocycles. The summed E-state index contributed by atoms with van der Waals surface area (Å²) in [6.07, 6.45) is 0. The lowest BCUT2D eigenvalue weighted by Crippen LogP contribution is -2.20. The number of benzene rings is 2. The molecule has 1 heterocycles. The number of amidine groups is 1. The number of para-hydroxylation sites is 1. The third kappa shape index (κ3) is 3.43. The fourth-order valence-corrected chi connectivity index (χ4v) is 4.14. The van der Waals surface area contributed by atoms with Crippen molar-refractivity contribution in [2.75, 3.05) is 11.1 Å². The number of nitrogens with zero attached hydrogens (tertiary/aromatic N) is 1. The number of carbonyl (C=O) groups excluding carboxylic acids is 1. The molecule has 0 saturated heterocycles. The van der Waals surface area contributed by atoms with Gasteiger partial charge in [0.2, 0.25) is 0 Å². The Balaban J connectivity index is 1.73. The second kappa shape index (κ2) is 6.13. The van der Waals surface area contributed by atoms with Crippen LogP contribution in [0.1, 0.15) is 10.4 Å². The highest BCUT2D eigenvalue weighted by Gasteiger charge is 2.24. The molecule has 5 nitrogen and oxygen atoms in total. The highest BCUT2D eigenvalue weighted by atomic mass is 32.2. The summed E-state index contributed by atoms with van der Waals surface area (Å²) >= 11 is 0.987. The van der Waals surface area contributed by atoms with Crippen LogP contribution in [0.4, 0.5) is 10.1 Å². The normalized spacial score (nSPS) is 15.3. The van der Waals surface area contributed by atoms with Gasteiger partial charge in [0.15, 0.2) is 11.0 Å². The Labute approximate surface area is 136 Å². The minimum atomic E-state index is -3.77. The third-order valence-corrected chi connectivity index (χ3v) is 5.44. The first kappa shape index (κ1) is 15.7. The topological polar surface area (TPSA) is 75.6 Å². The number of hydrogen-bond acceptors (Lipinski definition) is 5. The van der Waals surface area contributed by atoms with E-state index in [4.69, 9.17) is 0 Å². The number of rotatable bonds is 3. The van der Waals surface area contributed by atoms with E-state index in [1.807, 2.05) is 0 Å². The molecule has 2 aromatic rings. The fourth-order valence-electron chi connectivity index (χ4n) is 2.01. The van der Waals surface area contributed by atoms with Crippen molar-refractivity contribution in [2.24, 2.45) is 4.40 Å². The van der Waals surface area contributed by atoms with Crippen LogP contribution in [-0.4, -0.2) is 25.1 Å². The summed E-state index contributed by atoms with van der Waals surface area (Å²) in [6.45, 7) is 0. The molecule has 1 N–H and O–H groups in total. The van der Waals surface area contributed by atoms with Gasteiger partial charge in [-0.1, -0.05) is 23.9 Å². The first-order valence-electron chi connectivity index (χ1n) is 6.58. The van der Waals surface area contributed by atoms with Crippen LogP contribution in [0.2, 0.25) is 0 Å². The van der Waals surface area contributed by atoms with E-state index in [0.717, 1.165) is 11.8 Å². The summed E-state index contributed by atoms with van der Waals surface area (Å²) in [7, 11) is -3.77. The minimum Gasteiger partial charge on any atom is -0.333 e. The lowest BCUT2D eigenvalue weighted by Gasteiger charge is -2.17. The van der Waals surface area contributed by atoms with Crippen molar-refractivity contribution in [2.45, 2.75) is 4.90 Å². The largest absolute Gasteiger partial charge is 0.333 e. The van der Waals surface area contributed by atoms with E-state index in [2.05, 4.69) is 9.71 Å². The van der Waals surface area contributed by atoms with Crippen LogP contribution in [0.3, 0.4) is 0 Å². The van der Waals surface area contributed by atoms with Gasteiger partial charge in [0, 0.05) is 5.56 Å². The fraction of sp³-hybridized carbons (Fsp3) is 0.0667. The number of ketones is 1. The zero-order valence-corrected chi connectivity index (χ0v) is 13.3. The summed E-state index contributed by atoms with van der Waals surface area (Å²) in [6, 6.07) is 11.6. The van der Waals surface area contributed by atoms with Crippen LogP contribution in [0.15, 0.2) is 57.8 Å². The van der Waals surface area contributed by atoms with Crippen molar-refractivity contribution in [1.29, 1.82) is 0 Å². The third-order valence-electron chi connectivity index (χ3n) is 3.12. The zero-order chi connectivity index (χ0) is 16.4. The van der Waals surface area contributed by atoms with Crippen LogP contribution in [-0.2, 0) is 10.0 Å². The van der Waals surface area contributed by atoms with Crippen molar-refractivity contribution in [3.05, 3.63) is 59.9 Å². The molecule has 0 amide bonds. The smallest absolute Gasteiger partial charge is 0.286 e. The molecule has 0 spiro atoms. The number of anilines is 1. The van der Waals surface area contributed by atoms with Crippen LogP contribution in [0.25, 0.3) is 0 Å². The van der Waals surface area contributed by atoms with Crippen LogP contribution in [0, 0.1) is 5.82 Å². The number of thioether (sulfide) groups is 1. The molecule has 1 aliphatic heterocycles. The molecular weight excluding hydrogens is 339 g/mol. The van der Waals surface area contributed by atoms with E-state index in [1.165, 1.54) is 30.3 Å². The second-order valence-corrected chi connectivity index (χ2v) is 7.25. The Morgan fingerprint density at radius 2 is 1.83 bits per heavy atom. The van der Waals surface area contributed by atoms with Crippen LogP contribution in [0.5, 0.6) is 0 Å². The summed E-state index contributed by atoms with van der Waals surface area (Å²) < 4.78 is 40.6. The Morgan fingerprint density at radius 3 is 2.57 bits per heavy atom. The predicted octanol–water partition coefficient (Wildman–Crippen LogP) is 2.91. The molecule has 0 radical (unpaired) electrons. The molecule has 8 heteroatoms. The number of Topliss-reactive ketones (excluding diaryl/α,β-unsaturated/α-hetero) is 1. The number of nitrogens with one attached hydrogen (secondary N) is 1. The van der Waals surface area contributed by atoms with Crippen LogP contribution >= 0.6 is 11.8 Å². The zero-order valence-electron chi connectivity index (χ0n) is 11.7. The van der Waals surface area contributed by atoms with Gasteiger partial charge in [0.05, 0.1) is 11.4 Å². The van der Waals surface area contributed by atoms with Crippen LogP contribution < -0.4 is 5.32 Å². The standard InChI is InChI=1S/C15H11FN2O3S2/c16-11-7-5-10(6-8-11)13(19)9-22-15-17-12-3-1-2-4-14(12)23(20,21)18-15/h1-8H,9H2,(H,17,18). The monoisotopic (exact) mass is 350 g/mol. The number of carbonyl (C=O) groups is 1. The quantitative estimate of drug-likeness (QED) is 0.862. The van der Waals surface area contributed by atoms with Gasteiger partial charge in [-0.05, 0) is 36.4 Å². The second-order valence-electron chi connectivity index (χ2n) is 4.71. The van der Waals surface area contributed by atoms with Crippen molar-refractivity contribution >= 4 is 38.4 Å². The predicted molar refractivity (Wildman–Crippen MR) is 87.9 cm³/mol. The van der Waals surface area contributed by atoms with E-state index in [9.17, 15) is 17.6 Å². The van der Waals surface area contributed by atoms with Gasteiger partial charge in [0.1, 0.15) is 10.7 Å². The van der Waals surface area contributed by atoms with Crippen molar-refractivity contribution < 1.29 is 17.6 Å². The van der Waals surface area contributed by atoms with E-state index in [-0.39, 0.29) is 21.6 Å². The first-order chi connectivity index (χ1) is 11.0. The van der Waals surface area contributed by atoms with E-state index >= 15 is 0 Å². The maximum atomic E-state index is 12.8. The Hall–Kier alpha value is -2.19. The molecule has 0 unspecified atom stereocenters. The molecule has 0 atom stereocenters. The molecule has 23 heavy (non-hydrogen) atoms. The minimum absolute atomic E-state index is 0.00481. The van der Waals surface area contributed by atoms with Gasteiger partial charge in [-0.15, -0.1) is 4.40 Å². The number of fused-ring (bicyclic) bond motifs is 1. The van der Waals surface area contributed by atoms with Gasteiger partial charge in [-0.2, -0.15) is 8.42 Å². The summed E-state index contributed by atoms with van der Waals surface area (Å²) in [5, 5.41) is 3.03. The highest BCUT2D eigenvalue weighted by molar-refractivity contribution is 8.15. The average molecular weight is 350 g/mol. The molecule has 2 aromatic carbocycles. The Bertz CT molecular complexity index is 893. The molecule has 0 bridgehead atoms. The number of hydrogen-bond donors (Lipinski definition) is 1.